The molecule has 7 nitrogen and oxygen atoms in total. The van der Waals surface area contributed by atoms with Crippen LogP contribution in [-0.2, 0) is 13.6 Å². The van der Waals surface area contributed by atoms with Gasteiger partial charge in [-0.2, -0.15) is 0 Å². The van der Waals surface area contributed by atoms with E-state index in [0.717, 1.165) is 34.7 Å². The summed E-state index contributed by atoms with van der Waals surface area (Å²) in [6.07, 6.45) is 5.34. The number of hydrogen-bond donors (Lipinski definition) is 1. The van der Waals surface area contributed by atoms with Crippen LogP contribution in [0.25, 0.3) is 5.70 Å². The number of hydrogen-bond acceptors (Lipinski definition) is 6. The predicted molar refractivity (Wildman–Crippen MR) is 102 cm³/mol. The Labute approximate surface area is 150 Å². The van der Waals surface area contributed by atoms with E-state index in [4.69, 9.17) is 10.7 Å². The van der Waals surface area contributed by atoms with Gasteiger partial charge in [-0.3, -0.25) is 18.9 Å². The molecular weight excluding hydrogens is 338 g/mol. The van der Waals surface area contributed by atoms with Crippen LogP contribution in [0, 0.1) is 0 Å². The first kappa shape index (κ1) is 16.5. The molecule has 0 saturated heterocycles. The summed E-state index contributed by atoms with van der Waals surface area (Å²) < 4.78 is 2.67. The molecule has 3 aliphatic rings. The largest absolute Gasteiger partial charge is 0.384 e. The van der Waals surface area contributed by atoms with Crippen LogP contribution in [-0.4, -0.2) is 31.3 Å². The van der Waals surface area contributed by atoms with Gasteiger partial charge in [-0.15, -0.1) is 0 Å². The number of nitrogens with two attached hydrogens (primary N) is 1. The first-order valence-electron chi connectivity index (χ1n) is 8.88. The van der Waals surface area contributed by atoms with Gasteiger partial charge >= 0.3 is 5.69 Å². The fraction of sp³-hybridized carbons (Fsp3) is 0.588. The molecule has 0 aromatic carbocycles. The molecule has 0 spiro atoms. The summed E-state index contributed by atoms with van der Waals surface area (Å²) in [5.74, 6) is 0.266. The van der Waals surface area contributed by atoms with Crippen molar-refractivity contribution in [1.82, 2.24) is 14.0 Å². The van der Waals surface area contributed by atoms with Gasteiger partial charge in [-0.1, -0.05) is 31.5 Å². The Kier molecular flexibility index (Phi) is 4.02. The van der Waals surface area contributed by atoms with Crippen LogP contribution in [0.1, 0.15) is 44.6 Å². The van der Waals surface area contributed by atoms with E-state index in [1.807, 2.05) is 12.3 Å². The highest BCUT2D eigenvalue weighted by Crippen LogP contribution is 2.44. The van der Waals surface area contributed by atoms with Crippen LogP contribution >= 0.6 is 11.8 Å². The third-order valence-corrected chi connectivity index (χ3v) is 6.18. The molecule has 1 fully saturated rings. The Morgan fingerprint density at radius 1 is 1.32 bits per heavy atom. The van der Waals surface area contributed by atoms with Crippen molar-refractivity contribution in [2.75, 3.05) is 5.73 Å². The minimum absolute atomic E-state index is 0.266. The number of anilines is 1. The smallest absolute Gasteiger partial charge is 0.332 e. The van der Waals surface area contributed by atoms with Gasteiger partial charge in [0.1, 0.15) is 11.4 Å². The highest BCUT2D eigenvalue weighted by molar-refractivity contribution is 8.16. The van der Waals surface area contributed by atoms with Gasteiger partial charge < -0.3 is 10.6 Å². The molecule has 8 heteroatoms. The SMILES string of the molecule is CCCn1c(N)c(C2=CSC3=N[C@@H]4CCCC[C@@H]4N23)c(=O)n(C)c1=O. The van der Waals surface area contributed by atoms with Gasteiger partial charge in [0.05, 0.1) is 17.8 Å². The van der Waals surface area contributed by atoms with E-state index in [1.54, 1.807) is 11.8 Å². The van der Waals surface area contributed by atoms with Gasteiger partial charge in [0.25, 0.3) is 5.56 Å². The van der Waals surface area contributed by atoms with Crippen molar-refractivity contribution in [1.29, 1.82) is 0 Å². The van der Waals surface area contributed by atoms with Crippen LogP contribution in [0.4, 0.5) is 5.82 Å². The maximum Gasteiger partial charge on any atom is 0.332 e. The summed E-state index contributed by atoms with van der Waals surface area (Å²) in [5.41, 5.74) is 6.85. The molecule has 0 bridgehead atoms. The van der Waals surface area contributed by atoms with E-state index in [0.29, 0.717) is 24.2 Å². The van der Waals surface area contributed by atoms with E-state index < -0.39 is 0 Å². The van der Waals surface area contributed by atoms with Crippen molar-refractivity contribution in [2.45, 2.75) is 57.7 Å². The Hall–Kier alpha value is -1.96. The lowest BCUT2D eigenvalue weighted by Crippen LogP contribution is -2.44. The van der Waals surface area contributed by atoms with Crippen molar-refractivity contribution >= 4 is 28.4 Å². The zero-order valence-electron chi connectivity index (χ0n) is 14.6. The molecule has 1 aliphatic carbocycles. The molecule has 1 aromatic rings. The van der Waals surface area contributed by atoms with Crippen LogP contribution in [0.15, 0.2) is 20.0 Å². The topological polar surface area (TPSA) is 85.6 Å². The third kappa shape index (κ3) is 2.38. The van der Waals surface area contributed by atoms with E-state index in [9.17, 15) is 9.59 Å². The third-order valence-electron chi connectivity index (χ3n) is 5.33. The number of nitrogens with zero attached hydrogens (tertiary/aromatic N) is 4. The first-order chi connectivity index (χ1) is 12.0. The molecule has 0 radical (unpaired) electrons. The number of aliphatic imine (C=N–C) groups is 1. The maximum absolute atomic E-state index is 12.9. The van der Waals surface area contributed by atoms with Crippen LogP contribution in [0.3, 0.4) is 0 Å². The van der Waals surface area contributed by atoms with Crippen molar-refractivity contribution < 1.29 is 0 Å². The molecule has 0 amide bonds. The predicted octanol–water partition coefficient (Wildman–Crippen LogP) is 1.57. The molecule has 2 N–H and O–H groups in total. The van der Waals surface area contributed by atoms with Crippen molar-refractivity contribution in [3.63, 3.8) is 0 Å². The molecule has 0 unspecified atom stereocenters. The number of rotatable bonds is 3. The molecular formula is C17H23N5O2S. The highest BCUT2D eigenvalue weighted by atomic mass is 32.2. The molecule has 3 heterocycles. The van der Waals surface area contributed by atoms with E-state index in [-0.39, 0.29) is 17.1 Å². The lowest BCUT2D eigenvalue weighted by atomic mass is 9.90. The van der Waals surface area contributed by atoms with Gasteiger partial charge in [0, 0.05) is 19.0 Å². The zero-order valence-corrected chi connectivity index (χ0v) is 15.4. The fourth-order valence-electron chi connectivity index (χ4n) is 4.07. The van der Waals surface area contributed by atoms with Crippen LogP contribution in [0.5, 0.6) is 0 Å². The van der Waals surface area contributed by atoms with Gasteiger partial charge in [0.2, 0.25) is 0 Å². The summed E-state index contributed by atoms with van der Waals surface area (Å²) >= 11 is 1.55. The average Bonchev–Trinajstić information content (AvgIpc) is 3.17. The van der Waals surface area contributed by atoms with E-state index >= 15 is 0 Å². The summed E-state index contributed by atoms with van der Waals surface area (Å²) in [6, 6.07) is 0.618. The molecule has 2 aliphatic heterocycles. The van der Waals surface area contributed by atoms with Gasteiger partial charge in [0.15, 0.2) is 5.17 Å². The second-order valence-corrected chi connectivity index (χ2v) is 7.72. The molecule has 2 atom stereocenters. The Bertz CT molecular complexity index is 898. The second kappa shape index (κ2) is 6.09. The maximum atomic E-state index is 12.9. The summed E-state index contributed by atoms with van der Waals surface area (Å²) in [4.78, 5) is 32.3. The molecule has 25 heavy (non-hydrogen) atoms. The number of nitrogen functional groups attached to an aromatic ring is 1. The average molecular weight is 361 g/mol. The normalized spacial score (nSPS) is 24.8. The summed E-state index contributed by atoms with van der Waals surface area (Å²) in [7, 11) is 1.52. The van der Waals surface area contributed by atoms with Gasteiger partial charge in [-0.05, 0) is 19.3 Å². The van der Waals surface area contributed by atoms with Crippen molar-refractivity contribution in [2.24, 2.45) is 12.0 Å². The number of thioether (sulfide) groups is 1. The lowest BCUT2D eigenvalue weighted by Gasteiger charge is -2.32. The second-order valence-electron chi connectivity index (χ2n) is 6.88. The van der Waals surface area contributed by atoms with Crippen molar-refractivity contribution in [3.05, 3.63) is 31.8 Å². The molecule has 134 valence electrons. The molecule has 4 rings (SSSR count). The Morgan fingerprint density at radius 3 is 2.84 bits per heavy atom. The summed E-state index contributed by atoms with van der Waals surface area (Å²) in [5, 5.41) is 2.92. The summed E-state index contributed by atoms with van der Waals surface area (Å²) in [6.45, 7) is 2.48. The molecule has 1 aromatic heterocycles. The highest BCUT2D eigenvalue weighted by Gasteiger charge is 2.43. The Morgan fingerprint density at radius 2 is 2.08 bits per heavy atom. The number of fused-ring (bicyclic) bond motifs is 3. The quantitative estimate of drug-likeness (QED) is 0.883. The first-order valence-corrected chi connectivity index (χ1v) is 9.76. The fourth-order valence-corrected chi connectivity index (χ4v) is 5.06. The van der Waals surface area contributed by atoms with E-state index in [1.165, 1.54) is 24.5 Å². The van der Waals surface area contributed by atoms with Crippen molar-refractivity contribution in [3.8, 4) is 0 Å². The number of amidine groups is 1. The zero-order chi connectivity index (χ0) is 17.7. The number of aromatic nitrogens is 2. The van der Waals surface area contributed by atoms with Crippen LogP contribution < -0.4 is 17.0 Å². The minimum atomic E-state index is -0.356. The standard InChI is InChI=1S/C17H23N5O2S/c1-3-8-21-14(18)13(15(23)20(2)17(21)24)12-9-25-16-19-10-6-4-5-7-11(10)22(12)16/h9-11H,3-8,18H2,1-2H3/t10-,11+/m1/s1. The van der Waals surface area contributed by atoms with Gasteiger partial charge in [-0.25, -0.2) is 4.79 Å². The van der Waals surface area contributed by atoms with Crippen LogP contribution in [0.2, 0.25) is 0 Å². The minimum Gasteiger partial charge on any atom is -0.384 e. The monoisotopic (exact) mass is 361 g/mol. The molecule has 1 saturated carbocycles. The Balaban J connectivity index is 1.84. The van der Waals surface area contributed by atoms with E-state index in [2.05, 4.69) is 4.90 Å². The lowest BCUT2D eigenvalue weighted by molar-refractivity contribution is 0.305.